The Morgan fingerprint density at radius 1 is 1.30 bits per heavy atom. The van der Waals surface area contributed by atoms with Crippen molar-refractivity contribution in [2.75, 3.05) is 6.61 Å². The van der Waals surface area contributed by atoms with E-state index in [1.807, 2.05) is 24.3 Å². The molecule has 0 aromatic heterocycles. The van der Waals surface area contributed by atoms with Crippen LogP contribution in [0, 0.1) is 22.7 Å². The van der Waals surface area contributed by atoms with E-state index in [0.29, 0.717) is 6.61 Å². The molecule has 0 saturated carbocycles. The van der Waals surface area contributed by atoms with Gasteiger partial charge in [0, 0.05) is 6.21 Å². The molecule has 1 aromatic carbocycles. The third-order valence-corrected chi connectivity index (χ3v) is 2.47. The molecule has 5 heteroatoms. The van der Waals surface area contributed by atoms with Crippen LogP contribution in [0.2, 0.25) is 0 Å². The highest BCUT2D eigenvalue weighted by atomic mass is 16.5. The summed E-state index contributed by atoms with van der Waals surface area (Å²) in [6.07, 6.45) is 3.60. The summed E-state index contributed by atoms with van der Waals surface area (Å²) in [7, 11) is 0. The number of allylic oxidation sites excluding steroid dienone is 2. The van der Waals surface area contributed by atoms with Crippen molar-refractivity contribution in [3.8, 4) is 17.9 Å². The predicted molar refractivity (Wildman–Crippen MR) is 76.9 cm³/mol. The summed E-state index contributed by atoms with van der Waals surface area (Å²) in [5.74, 6) is 0.795. The normalized spacial score (nSPS) is 11.6. The van der Waals surface area contributed by atoms with Crippen LogP contribution in [0.25, 0.3) is 0 Å². The van der Waals surface area contributed by atoms with E-state index in [4.69, 9.17) is 21.0 Å². The molecule has 0 spiro atoms. The molecule has 0 fully saturated rings. The molecular formula is C15H16N4O. The first-order valence-corrected chi connectivity index (χ1v) is 6.28. The summed E-state index contributed by atoms with van der Waals surface area (Å²) in [5, 5.41) is 17.4. The van der Waals surface area contributed by atoms with Crippen molar-refractivity contribution in [3.05, 3.63) is 41.2 Å². The van der Waals surface area contributed by atoms with Crippen LogP contribution >= 0.6 is 0 Å². The summed E-state index contributed by atoms with van der Waals surface area (Å²) >= 11 is 0. The van der Waals surface area contributed by atoms with Gasteiger partial charge in [0.15, 0.2) is 5.70 Å². The first kappa shape index (κ1) is 15.3. The molecule has 0 atom stereocenters. The van der Waals surface area contributed by atoms with E-state index in [0.717, 1.165) is 24.2 Å². The van der Waals surface area contributed by atoms with Crippen molar-refractivity contribution in [2.45, 2.75) is 19.8 Å². The lowest BCUT2D eigenvalue weighted by molar-refractivity contribution is 0.309. The fourth-order valence-electron chi connectivity index (χ4n) is 1.34. The van der Waals surface area contributed by atoms with Crippen LogP contribution in [0.5, 0.6) is 5.75 Å². The maximum Gasteiger partial charge on any atom is 0.174 e. The molecule has 0 heterocycles. The van der Waals surface area contributed by atoms with Crippen molar-refractivity contribution in [1.29, 1.82) is 10.5 Å². The van der Waals surface area contributed by atoms with Gasteiger partial charge in [-0.05, 0) is 36.2 Å². The van der Waals surface area contributed by atoms with Gasteiger partial charge in [0.25, 0.3) is 0 Å². The smallest absolute Gasteiger partial charge is 0.174 e. The van der Waals surface area contributed by atoms with E-state index in [1.165, 1.54) is 6.21 Å². The number of aliphatic imine (C=N–C) groups is 1. The molecule has 0 aliphatic heterocycles. The fraction of sp³-hybridized carbons (Fsp3) is 0.267. The summed E-state index contributed by atoms with van der Waals surface area (Å²) in [6.45, 7) is 2.81. The SMILES string of the molecule is CCCCOc1ccc(C=NC(C#N)=C(N)C#N)cc1. The molecule has 20 heavy (non-hydrogen) atoms. The second-order valence-electron chi connectivity index (χ2n) is 4.02. The first-order valence-electron chi connectivity index (χ1n) is 6.28. The Kier molecular flexibility index (Phi) is 6.36. The minimum Gasteiger partial charge on any atom is -0.494 e. The zero-order valence-corrected chi connectivity index (χ0v) is 11.3. The standard InChI is InChI=1S/C15H16N4O/c1-2-3-8-20-13-6-4-12(5-7-13)11-19-15(10-17)14(18)9-16/h4-7,11H,2-3,8,18H2,1H3. The van der Waals surface area contributed by atoms with Gasteiger partial charge in [-0.3, -0.25) is 0 Å². The number of unbranched alkanes of at least 4 members (excludes halogenated alkanes) is 1. The monoisotopic (exact) mass is 268 g/mol. The summed E-state index contributed by atoms with van der Waals surface area (Å²) in [5.41, 5.74) is 5.87. The number of nitrogens with two attached hydrogens (primary N) is 1. The lowest BCUT2D eigenvalue weighted by Crippen LogP contribution is -1.98. The third kappa shape index (κ3) is 4.83. The number of hydrogen-bond donors (Lipinski definition) is 1. The van der Waals surface area contributed by atoms with Gasteiger partial charge in [-0.1, -0.05) is 13.3 Å². The van der Waals surface area contributed by atoms with E-state index in [-0.39, 0.29) is 11.4 Å². The zero-order valence-electron chi connectivity index (χ0n) is 11.3. The average molecular weight is 268 g/mol. The van der Waals surface area contributed by atoms with Crippen LogP contribution in [-0.2, 0) is 0 Å². The van der Waals surface area contributed by atoms with Crippen molar-refractivity contribution in [2.24, 2.45) is 10.7 Å². The van der Waals surface area contributed by atoms with Crippen molar-refractivity contribution >= 4 is 6.21 Å². The van der Waals surface area contributed by atoms with Gasteiger partial charge in [0.05, 0.1) is 6.61 Å². The third-order valence-electron chi connectivity index (χ3n) is 2.47. The van der Waals surface area contributed by atoms with Crippen LogP contribution in [0.1, 0.15) is 25.3 Å². The van der Waals surface area contributed by atoms with Crippen LogP contribution in [0.15, 0.2) is 40.7 Å². The Bertz CT molecular complexity index is 573. The number of ether oxygens (including phenoxy) is 1. The Labute approximate surface area is 118 Å². The molecule has 1 aromatic rings. The Balaban J connectivity index is 2.71. The second kappa shape index (κ2) is 8.34. The van der Waals surface area contributed by atoms with Crippen LogP contribution in [0.3, 0.4) is 0 Å². The van der Waals surface area contributed by atoms with Gasteiger partial charge in [0.1, 0.15) is 23.6 Å². The van der Waals surface area contributed by atoms with E-state index in [1.54, 1.807) is 12.1 Å². The number of hydrogen-bond acceptors (Lipinski definition) is 5. The Morgan fingerprint density at radius 2 is 2.00 bits per heavy atom. The van der Waals surface area contributed by atoms with Crippen LogP contribution < -0.4 is 10.5 Å². The van der Waals surface area contributed by atoms with Gasteiger partial charge in [-0.15, -0.1) is 0 Å². The minimum absolute atomic E-state index is 0.0872. The molecule has 0 aliphatic rings. The van der Waals surface area contributed by atoms with Crippen molar-refractivity contribution in [1.82, 2.24) is 0 Å². The first-order chi connectivity index (χ1) is 9.71. The largest absolute Gasteiger partial charge is 0.494 e. The second-order valence-corrected chi connectivity index (χ2v) is 4.02. The molecule has 0 bridgehead atoms. The molecular weight excluding hydrogens is 252 g/mol. The Hall–Kier alpha value is -2.79. The van der Waals surface area contributed by atoms with Crippen LogP contribution in [-0.4, -0.2) is 12.8 Å². The van der Waals surface area contributed by atoms with Gasteiger partial charge >= 0.3 is 0 Å². The summed E-state index contributed by atoms with van der Waals surface area (Å²) in [6, 6.07) is 10.8. The summed E-state index contributed by atoms with van der Waals surface area (Å²) in [4.78, 5) is 3.89. The average Bonchev–Trinajstić information content (AvgIpc) is 2.49. The van der Waals surface area contributed by atoms with E-state index >= 15 is 0 Å². The predicted octanol–water partition coefficient (Wildman–Crippen LogP) is 2.50. The lowest BCUT2D eigenvalue weighted by Gasteiger charge is -2.04. The molecule has 2 N–H and O–H groups in total. The molecule has 0 amide bonds. The van der Waals surface area contributed by atoms with E-state index < -0.39 is 0 Å². The zero-order chi connectivity index (χ0) is 14.8. The number of rotatable bonds is 6. The molecule has 0 saturated heterocycles. The molecule has 102 valence electrons. The van der Waals surface area contributed by atoms with Crippen LogP contribution in [0.4, 0.5) is 0 Å². The lowest BCUT2D eigenvalue weighted by atomic mass is 10.2. The highest BCUT2D eigenvalue weighted by Crippen LogP contribution is 2.12. The quantitative estimate of drug-likeness (QED) is 0.487. The van der Waals surface area contributed by atoms with Gasteiger partial charge in [-0.2, -0.15) is 10.5 Å². The molecule has 0 unspecified atom stereocenters. The van der Waals surface area contributed by atoms with E-state index in [2.05, 4.69) is 11.9 Å². The fourth-order valence-corrected chi connectivity index (χ4v) is 1.34. The molecule has 0 aliphatic carbocycles. The Morgan fingerprint density at radius 3 is 2.55 bits per heavy atom. The minimum atomic E-state index is -0.191. The van der Waals surface area contributed by atoms with Crippen molar-refractivity contribution in [3.63, 3.8) is 0 Å². The topological polar surface area (TPSA) is 95.2 Å². The molecule has 5 nitrogen and oxygen atoms in total. The van der Waals surface area contributed by atoms with Gasteiger partial charge in [-0.25, -0.2) is 4.99 Å². The summed E-state index contributed by atoms with van der Waals surface area (Å²) < 4.78 is 5.53. The number of nitriles is 2. The maximum absolute atomic E-state index is 8.80. The van der Waals surface area contributed by atoms with E-state index in [9.17, 15) is 0 Å². The number of benzene rings is 1. The molecule has 0 radical (unpaired) electrons. The van der Waals surface area contributed by atoms with Gasteiger partial charge in [0.2, 0.25) is 0 Å². The highest BCUT2D eigenvalue weighted by molar-refractivity contribution is 5.81. The maximum atomic E-state index is 8.80. The molecule has 1 rings (SSSR count). The highest BCUT2D eigenvalue weighted by Gasteiger charge is 1.99. The van der Waals surface area contributed by atoms with Gasteiger partial charge < -0.3 is 10.5 Å². The number of nitrogens with zero attached hydrogens (tertiary/aromatic N) is 3. The van der Waals surface area contributed by atoms with Crippen molar-refractivity contribution < 1.29 is 4.74 Å².